The first-order chi connectivity index (χ1) is 18.5. The molecule has 4 N–H and O–H groups in total. The van der Waals surface area contributed by atoms with Gasteiger partial charge in [0.05, 0.1) is 11.7 Å². The second-order valence-electron chi connectivity index (χ2n) is 9.66. The maximum absolute atomic E-state index is 13.6. The molecule has 1 fully saturated rings. The topological polar surface area (TPSA) is 121 Å². The third-order valence-electron chi connectivity index (χ3n) is 6.43. The molecular formula is C27H32F2N6O3S. The zero-order valence-corrected chi connectivity index (χ0v) is 22.6. The SMILES string of the molecule is CC(C)S(=O)(=O)N1CCN(c2cccc(Nc3cc(NCc4cc(F)cc(F)c4)c(CC(N)=O)cn3)c2)CC1. The standard InChI is InChI=1S/C27H32F2N6O3S/c1-18(2)39(37,38)35-8-6-34(7-9-35)24-5-3-4-23(14-24)33-27-15-25(20(17-32-27)12-26(30)36)31-16-19-10-21(28)13-22(29)11-19/h3-5,10-11,13-15,17-18H,6-9,12,16H2,1-2H3,(H2,30,36)(H2,31,32,33). The van der Waals surface area contributed by atoms with Gasteiger partial charge in [-0.2, -0.15) is 4.31 Å². The molecule has 1 saturated heterocycles. The van der Waals surface area contributed by atoms with Crippen molar-refractivity contribution in [1.29, 1.82) is 0 Å². The molecule has 4 rings (SSSR count). The summed E-state index contributed by atoms with van der Waals surface area (Å²) in [5.41, 5.74) is 8.59. The summed E-state index contributed by atoms with van der Waals surface area (Å²) in [5.74, 6) is -1.40. The van der Waals surface area contributed by atoms with Crippen molar-refractivity contribution in [1.82, 2.24) is 9.29 Å². The monoisotopic (exact) mass is 558 g/mol. The van der Waals surface area contributed by atoms with Crippen LogP contribution in [-0.2, 0) is 27.8 Å². The number of rotatable bonds is 10. The van der Waals surface area contributed by atoms with Crippen LogP contribution in [0.3, 0.4) is 0 Å². The summed E-state index contributed by atoms with van der Waals surface area (Å²) < 4.78 is 53.7. The van der Waals surface area contributed by atoms with Crippen LogP contribution in [0.5, 0.6) is 0 Å². The van der Waals surface area contributed by atoms with Gasteiger partial charge in [-0.15, -0.1) is 0 Å². The number of sulfonamides is 1. The van der Waals surface area contributed by atoms with E-state index in [4.69, 9.17) is 5.73 Å². The zero-order chi connectivity index (χ0) is 28.2. The van der Waals surface area contributed by atoms with E-state index >= 15 is 0 Å². The number of piperazine rings is 1. The fourth-order valence-corrected chi connectivity index (χ4v) is 5.65. The van der Waals surface area contributed by atoms with Crippen LogP contribution >= 0.6 is 0 Å². The minimum atomic E-state index is -3.28. The van der Waals surface area contributed by atoms with Crippen molar-refractivity contribution in [3.63, 3.8) is 0 Å². The van der Waals surface area contributed by atoms with Gasteiger partial charge in [0, 0.05) is 73.7 Å². The molecule has 208 valence electrons. The van der Waals surface area contributed by atoms with E-state index in [9.17, 15) is 22.0 Å². The quantitative estimate of drug-likeness (QED) is 0.348. The normalized spacial score (nSPS) is 14.4. The minimum Gasteiger partial charge on any atom is -0.381 e. The van der Waals surface area contributed by atoms with Gasteiger partial charge in [-0.3, -0.25) is 4.79 Å². The molecule has 2 heterocycles. The molecule has 0 spiro atoms. The second-order valence-corrected chi connectivity index (χ2v) is 12.1. The number of hydrogen-bond donors (Lipinski definition) is 3. The first kappa shape index (κ1) is 28.2. The number of halogens is 2. The lowest BCUT2D eigenvalue weighted by atomic mass is 10.1. The molecule has 1 aliphatic heterocycles. The Balaban J connectivity index is 1.48. The number of pyridine rings is 1. The molecule has 39 heavy (non-hydrogen) atoms. The molecule has 0 unspecified atom stereocenters. The van der Waals surface area contributed by atoms with Gasteiger partial charge >= 0.3 is 0 Å². The molecule has 0 atom stereocenters. The molecule has 1 amide bonds. The number of aromatic nitrogens is 1. The summed E-state index contributed by atoms with van der Waals surface area (Å²) in [4.78, 5) is 18.1. The van der Waals surface area contributed by atoms with Crippen LogP contribution in [0.15, 0.2) is 54.7 Å². The van der Waals surface area contributed by atoms with Gasteiger partial charge in [-0.25, -0.2) is 22.2 Å². The van der Waals surface area contributed by atoms with Crippen molar-refractivity contribution in [3.05, 3.63) is 77.5 Å². The smallest absolute Gasteiger partial charge is 0.221 e. The average Bonchev–Trinajstić information content (AvgIpc) is 2.88. The molecule has 0 bridgehead atoms. The van der Waals surface area contributed by atoms with Crippen LogP contribution in [-0.4, -0.2) is 55.0 Å². The summed E-state index contributed by atoms with van der Waals surface area (Å²) in [5, 5.41) is 5.92. The Kier molecular flexibility index (Phi) is 8.66. The van der Waals surface area contributed by atoms with Gasteiger partial charge < -0.3 is 21.3 Å². The summed E-state index contributed by atoms with van der Waals surface area (Å²) in [6, 6.07) is 12.7. The number of primary amides is 1. The predicted octanol–water partition coefficient (Wildman–Crippen LogP) is 3.60. The minimum absolute atomic E-state index is 0.0544. The third kappa shape index (κ3) is 7.21. The average molecular weight is 559 g/mol. The summed E-state index contributed by atoms with van der Waals surface area (Å²) in [6.07, 6.45) is 1.47. The Hall–Kier alpha value is -3.77. The molecule has 1 aromatic heterocycles. The van der Waals surface area contributed by atoms with E-state index in [1.807, 2.05) is 24.3 Å². The van der Waals surface area contributed by atoms with Gasteiger partial charge in [0.15, 0.2) is 0 Å². The Morgan fingerprint density at radius 1 is 1.05 bits per heavy atom. The Morgan fingerprint density at radius 2 is 1.74 bits per heavy atom. The van der Waals surface area contributed by atoms with Gasteiger partial charge in [0.1, 0.15) is 17.5 Å². The van der Waals surface area contributed by atoms with E-state index in [1.165, 1.54) is 18.3 Å². The molecule has 0 aliphatic carbocycles. The second kappa shape index (κ2) is 12.0. The van der Waals surface area contributed by atoms with Crippen LogP contribution < -0.4 is 21.3 Å². The highest BCUT2D eigenvalue weighted by Crippen LogP contribution is 2.27. The van der Waals surface area contributed by atoms with E-state index in [0.29, 0.717) is 48.8 Å². The van der Waals surface area contributed by atoms with Crippen LogP contribution in [0.4, 0.5) is 31.7 Å². The van der Waals surface area contributed by atoms with E-state index in [2.05, 4.69) is 20.5 Å². The summed E-state index contributed by atoms with van der Waals surface area (Å²) in [7, 11) is -3.28. The Morgan fingerprint density at radius 3 is 2.38 bits per heavy atom. The Labute approximate surface area is 227 Å². The van der Waals surface area contributed by atoms with Gasteiger partial charge in [-0.05, 0) is 49.7 Å². The van der Waals surface area contributed by atoms with Crippen molar-refractivity contribution in [2.45, 2.75) is 32.1 Å². The van der Waals surface area contributed by atoms with Gasteiger partial charge in [-0.1, -0.05) is 6.07 Å². The summed E-state index contributed by atoms with van der Waals surface area (Å²) in [6.45, 7) is 5.49. The first-order valence-corrected chi connectivity index (χ1v) is 14.1. The van der Waals surface area contributed by atoms with Crippen molar-refractivity contribution in [2.24, 2.45) is 5.73 Å². The number of nitrogens with two attached hydrogens (primary N) is 1. The van der Waals surface area contributed by atoms with E-state index < -0.39 is 32.8 Å². The maximum atomic E-state index is 13.6. The first-order valence-electron chi connectivity index (χ1n) is 12.6. The third-order valence-corrected chi connectivity index (χ3v) is 8.71. The molecule has 9 nitrogen and oxygen atoms in total. The largest absolute Gasteiger partial charge is 0.381 e. The number of carbonyl (C=O) groups is 1. The van der Waals surface area contributed by atoms with Gasteiger partial charge in [0.2, 0.25) is 15.9 Å². The number of benzene rings is 2. The number of nitrogens with one attached hydrogen (secondary N) is 2. The Bertz CT molecular complexity index is 1420. The van der Waals surface area contributed by atoms with E-state index in [-0.39, 0.29) is 13.0 Å². The van der Waals surface area contributed by atoms with Crippen molar-refractivity contribution in [2.75, 3.05) is 41.7 Å². The molecule has 3 aromatic rings. The fraction of sp³-hybridized carbons (Fsp3) is 0.333. The molecule has 1 aliphatic rings. The molecule has 2 aromatic carbocycles. The zero-order valence-electron chi connectivity index (χ0n) is 21.8. The number of nitrogens with zero attached hydrogens (tertiary/aromatic N) is 3. The predicted molar refractivity (Wildman–Crippen MR) is 148 cm³/mol. The molecule has 0 saturated carbocycles. The van der Waals surface area contributed by atoms with Gasteiger partial charge in [0.25, 0.3) is 0 Å². The lowest BCUT2D eigenvalue weighted by molar-refractivity contribution is -0.117. The van der Waals surface area contributed by atoms with Crippen LogP contribution in [0, 0.1) is 11.6 Å². The lowest BCUT2D eigenvalue weighted by Gasteiger charge is -2.36. The fourth-order valence-electron chi connectivity index (χ4n) is 4.38. The molecule has 12 heteroatoms. The van der Waals surface area contributed by atoms with Crippen molar-refractivity contribution >= 4 is 38.8 Å². The van der Waals surface area contributed by atoms with Crippen molar-refractivity contribution in [3.8, 4) is 0 Å². The number of anilines is 4. The highest BCUT2D eigenvalue weighted by molar-refractivity contribution is 7.89. The van der Waals surface area contributed by atoms with Crippen LogP contribution in [0.25, 0.3) is 0 Å². The number of hydrogen-bond acceptors (Lipinski definition) is 7. The number of amides is 1. The molecule has 0 radical (unpaired) electrons. The lowest BCUT2D eigenvalue weighted by Crippen LogP contribution is -2.50. The van der Waals surface area contributed by atoms with E-state index in [1.54, 1.807) is 24.2 Å². The maximum Gasteiger partial charge on any atom is 0.221 e. The molecular weight excluding hydrogens is 526 g/mol. The highest BCUT2D eigenvalue weighted by atomic mass is 32.2. The number of carbonyl (C=O) groups excluding carboxylic acids is 1. The van der Waals surface area contributed by atoms with Crippen LogP contribution in [0.2, 0.25) is 0 Å². The van der Waals surface area contributed by atoms with Crippen LogP contribution in [0.1, 0.15) is 25.0 Å². The summed E-state index contributed by atoms with van der Waals surface area (Å²) >= 11 is 0. The van der Waals surface area contributed by atoms with E-state index in [0.717, 1.165) is 17.4 Å². The highest BCUT2D eigenvalue weighted by Gasteiger charge is 2.29. The van der Waals surface area contributed by atoms with Crippen molar-refractivity contribution < 1.29 is 22.0 Å².